The van der Waals surface area contributed by atoms with Crippen LogP contribution in [-0.2, 0) is 13.1 Å². The van der Waals surface area contributed by atoms with Gasteiger partial charge in [-0.15, -0.1) is 11.3 Å². The lowest BCUT2D eigenvalue weighted by Gasteiger charge is -2.43. The van der Waals surface area contributed by atoms with E-state index in [2.05, 4.69) is 26.8 Å². The van der Waals surface area contributed by atoms with Crippen molar-refractivity contribution >= 4 is 11.3 Å². The van der Waals surface area contributed by atoms with E-state index >= 15 is 0 Å². The Kier molecular flexibility index (Phi) is 6.29. The van der Waals surface area contributed by atoms with Crippen LogP contribution in [0.2, 0.25) is 0 Å². The zero-order chi connectivity index (χ0) is 17.9. The van der Waals surface area contributed by atoms with Crippen LogP contribution in [0.3, 0.4) is 0 Å². The standard InChI is InChI=1S/C20H33N3O2S/c24-16-5-11-23(12-6-16)19-7-10-22(15-20(19)25)14-18-4-3-17(26-18)13-21-8-1-2-9-21/h3-4,16,19-20,24-25H,1-2,5-15H2/t19-,20-/m1/s1. The molecule has 1 aromatic rings. The SMILES string of the molecule is OC1CCN([C@@H]2CCN(Cc3ccc(CN4CCCC4)s3)C[C@H]2O)CC1. The molecular formula is C20H33N3O2S. The van der Waals surface area contributed by atoms with Gasteiger partial charge >= 0.3 is 0 Å². The first-order valence-corrected chi connectivity index (χ1v) is 11.1. The third kappa shape index (κ3) is 4.66. The molecule has 4 rings (SSSR count). The highest BCUT2D eigenvalue weighted by atomic mass is 32.1. The van der Waals surface area contributed by atoms with E-state index in [9.17, 15) is 10.2 Å². The average Bonchev–Trinajstić information content (AvgIpc) is 3.29. The predicted octanol–water partition coefficient (Wildman–Crippen LogP) is 1.74. The van der Waals surface area contributed by atoms with Crippen molar-refractivity contribution in [2.24, 2.45) is 0 Å². The summed E-state index contributed by atoms with van der Waals surface area (Å²) in [6.45, 7) is 8.24. The normalized spacial score (nSPS) is 30.2. The summed E-state index contributed by atoms with van der Waals surface area (Å²) in [6.07, 6.45) is 5.01. The first-order chi connectivity index (χ1) is 12.7. The topological polar surface area (TPSA) is 50.2 Å². The van der Waals surface area contributed by atoms with Crippen LogP contribution in [0, 0.1) is 0 Å². The van der Waals surface area contributed by atoms with E-state index in [0.29, 0.717) is 0 Å². The first-order valence-electron chi connectivity index (χ1n) is 10.3. The van der Waals surface area contributed by atoms with E-state index < -0.39 is 0 Å². The zero-order valence-electron chi connectivity index (χ0n) is 15.7. The molecule has 4 heterocycles. The molecule has 2 atom stereocenters. The Labute approximate surface area is 161 Å². The molecule has 3 aliphatic rings. The molecule has 3 aliphatic heterocycles. The number of hydrogen-bond acceptors (Lipinski definition) is 6. The maximum absolute atomic E-state index is 10.7. The Morgan fingerprint density at radius 3 is 2.15 bits per heavy atom. The van der Waals surface area contributed by atoms with Gasteiger partial charge in [0, 0.05) is 55.1 Å². The van der Waals surface area contributed by atoms with Crippen molar-refractivity contribution in [3.05, 3.63) is 21.9 Å². The lowest BCUT2D eigenvalue weighted by Crippen LogP contribution is -2.55. The number of aliphatic hydroxyl groups is 2. The molecule has 26 heavy (non-hydrogen) atoms. The minimum absolute atomic E-state index is 0.142. The third-order valence-corrected chi connectivity index (χ3v) is 7.33. The van der Waals surface area contributed by atoms with Crippen molar-refractivity contribution in [2.45, 2.75) is 63.4 Å². The summed E-state index contributed by atoms with van der Waals surface area (Å²) in [5, 5.41) is 20.4. The van der Waals surface area contributed by atoms with Gasteiger partial charge in [0.2, 0.25) is 0 Å². The Hall–Kier alpha value is -0.500. The van der Waals surface area contributed by atoms with Gasteiger partial charge in [0.15, 0.2) is 0 Å². The van der Waals surface area contributed by atoms with Gasteiger partial charge in [0.1, 0.15) is 0 Å². The molecule has 0 aromatic carbocycles. The fourth-order valence-electron chi connectivity index (χ4n) is 4.75. The molecule has 146 valence electrons. The lowest BCUT2D eigenvalue weighted by molar-refractivity contribution is -0.0353. The molecule has 0 saturated carbocycles. The molecular weight excluding hydrogens is 346 g/mol. The first kappa shape index (κ1) is 18.8. The molecule has 0 spiro atoms. The number of piperidine rings is 2. The number of aliphatic hydroxyl groups excluding tert-OH is 2. The van der Waals surface area contributed by atoms with Crippen molar-refractivity contribution < 1.29 is 10.2 Å². The van der Waals surface area contributed by atoms with E-state index in [-0.39, 0.29) is 18.2 Å². The molecule has 2 N–H and O–H groups in total. The monoisotopic (exact) mass is 379 g/mol. The molecule has 0 bridgehead atoms. The van der Waals surface area contributed by atoms with Crippen molar-refractivity contribution in [1.82, 2.24) is 14.7 Å². The smallest absolute Gasteiger partial charge is 0.0822 e. The molecule has 6 heteroatoms. The number of hydrogen-bond donors (Lipinski definition) is 2. The second-order valence-corrected chi connectivity index (χ2v) is 9.53. The predicted molar refractivity (Wildman–Crippen MR) is 105 cm³/mol. The summed E-state index contributed by atoms with van der Waals surface area (Å²) in [5.74, 6) is 0. The minimum atomic E-state index is -0.275. The van der Waals surface area contributed by atoms with Gasteiger partial charge in [-0.05, 0) is 57.3 Å². The van der Waals surface area contributed by atoms with Crippen LogP contribution < -0.4 is 0 Å². The summed E-state index contributed by atoms with van der Waals surface area (Å²) in [6, 6.07) is 4.84. The van der Waals surface area contributed by atoms with Gasteiger partial charge in [-0.25, -0.2) is 0 Å². The van der Waals surface area contributed by atoms with Gasteiger partial charge in [-0.1, -0.05) is 0 Å². The average molecular weight is 380 g/mol. The van der Waals surface area contributed by atoms with Gasteiger partial charge in [0.25, 0.3) is 0 Å². The summed E-state index contributed by atoms with van der Waals surface area (Å²) < 4.78 is 0. The lowest BCUT2D eigenvalue weighted by atomic mass is 9.96. The van der Waals surface area contributed by atoms with E-state index in [1.54, 1.807) is 0 Å². The highest BCUT2D eigenvalue weighted by Crippen LogP contribution is 2.25. The summed E-state index contributed by atoms with van der Waals surface area (Å²) in [4.78, 5) is 10.3. The second kappa shape index (κ2) is 8.67. The van der Waals surface area contributed by atoms with Gasteiger partial charge in [-0.3, -0.25) is 14.7 Å². The Morgan fingerprint density at radius 2 is 1.50 bits per heavy atom. The highest BCUT2D eigenvalue weighted by Gasteiger charge is 2.33. The fourth-order valence-corrected chi connectivity index (χ4v) is 5.85. The maximum atomic E-state index is 10.7. The van der Waals surface area contributed by atoms with Crippen LogP contribution in [-0.4, -0.2) is 82.4 Å². The fraction of sp³-hybridized carbons (Fsp3) is 0.800. The number of β-amino-alcohol motifs (C(OH)–C–C–N with tert-alkyl or cyclic N) is 1. The molecule has 3 saturated heterocycles. The van der Waals surface area contributed by atoms with E-state index in [0.717, 1.165) is 58.5 Å². The van der Waals surface area contributed by atoms with Crippen molar-refractivity contribution in [1.29, 1.82) is 0 Å². The Morgan fingerprint density at radius 1 is 0.846 bits per heavy atom. The van der Waals surface area contributed by atoms with E-state index in [1.807, 2.05) is 11.3 Å². The number of rotatable bonds is 5. The van der Waals surface area contributed by atoms with E-state index in [1.165, 1.54) is 35.7 Å². The van der Waals surface area contributed by atoms with Crippen LogP contribution in [0.15, 0.2) is 12.1 Å². The van der Waals surface area contributed by atoms with Crippen molar-refractivity contribution in [2.75, 3.05) is 39.3 Å². The molecule has 0 aliphatic carbocycles. The van der Waals surface area contributed by atoms with E-state index in [4.69, 9.17) is 0 Å². The largest absolute Gasteiger partial charge is 0.393 e. The van der Waals surface area contributed by atoms with Gasteiger partial charge in [-0.2, -0.15) is 0 Å². The van der Waals surface area contributed by atoms with Crippen molar-refractivity contribution in [3.63, 3.8) is 0 Å². The van der Waals surface area contributed by atoms with Crippen LogP contribution in [0.4, 0.5) is 0 Å². The van der Waals surface area contributed by atoms with Gasteiger partial charge < -0.3 is 10.2 Å². The molecule has 5 nitrogen and oxygen atoms in total. The van der Waals surface area contributed by atoms with Crippen molar-refractivity contribution in [3.8, 4) is 0 Å². The number of likely N-dealkylation sites (tertiary alicyclic amines) is 3. The van der Waals surface area contributed by atoms with Crippen LogP contribution in [0.5, 0.6) is 0 Å². The summed E-state index contributed by atoms with van der Waals surface area (Å²) in [7, 11) is 0. The minimum Gasteiger partial charge on any atom is -0.393 e. The molecule has 1 aromatic heterocycles. The number of nitrogens with zero attached hydrogens (tertiary/aromatic N) is 3. The quantitative estimate of drug-likeness (QED) is 0.816. The molecule has 0 unspecified atom stereocenters. The zero-order valence-corrected chi connectivity index (χ0v) is 16.5. The van der Waals surface area contributed by atoms with Crippen LogP contribution in [0.1, 0.15) is 41.9 Å². The molecule has 3 fully saturated rings. The Bertz CT molecular complexity index is 567. The van der Waals surface area contributed by atoms with Crippen LogP contribution >= 0.6 is 11.3 Å². The molecule has 0 amide bonds. The summed E-state index contributed by atoms with van der Waals surface area (Å²) >= 11 is 1.94. The number of thiophene rings is 1. The van der Waals surface area contributed by atoms with Gasteiger partial charge in [0.05, 0.1) is 12.2 Å². The summed E-state index contributed by atoms with van der Waals surface area (Å²) in [5.41, 5.74) is 0. The Balaban J connectivity index is 1.26. The second-order valence-electron chi connectivity index (χ2n) is 8.28. The molecule has 0 radical (unpaired) electrons. The highest BCUT2D eigenvalue weighted by molar-refractivity contribution is 7.11. The van der Waals surface area contributed by atoms with Crippen LogP contribution in [0.25, 0.3) is 0 Å². The maximum Gasteiger partial charge on any atom is 0.0822 e. The third-order valence-electron chi connectivity index (χ3n) is 6.27.